The highest BCUT2D eigenvalue weighted by Gasteiger charge is 2.29. The van der Waals surface area contributed by atoms with Gasteiger partial charge < -0.3 is 15.1 Å². The second-order valence-corrected chi connectivity index (χ2v) is 6.45. The summed E-state index contributed by atoms with van der Waals surface area (Å²) in [5.41, 5.74) is 3.18. The fraction of sp³-hybridized carbons (Fsp3) is 0.579. The maximum absolute atomic E-state index is 12.5. The van der Waals surface area contributed by atoms with E-state index in [1.165, 1.54) is 5.56 Å². The maximum atomic E-state index is 12.5. The average Bonchev–Trinajstić information content (AvgIpc) is 2.60. The maximum Gasteiger partial charge on any atom is 0.319 e. The number of nitrogens with zero attached hydrogens (tertiary/aromatic N) is 2. The van der Waals surface area contributed by atoms with E-state index in [9.17, 15) is 9.59 Å². The van der Waals surface area contributed by atoms with Crippen molar-refractivity contribution in [2.24, 2.45) is 5.92 Å². The number of hydrogen-bond donors (Lipinski definition) is 1. The lowest BCUT2D eigenvalue weighted by Gasteiger charge is -2.34. The Kier molecular flexibility index (Phi) is 6.23. The second kappa shape index (κ2) is 8.18. The minimum Gasteiger partial charge on any atom is -0.326 e. The SMILES string of the molecule is CCN(CC)C(=O)N1CCC(C(=O)Nc2cccc(C)c2C)CC1. The van der Waals surface area contributed by atoms with Gasteiger partial charge in [0.05, 0.1) is 0 Å². The molecule has 0 atom stereocenters. The highest BCUT2D eigenvalue weighted by atomic mass is 16.2. The molecule has 3 amide bonds. The standard InChI is InChI=1S/C19H29N3O2/c1-5-21(6-2)19(24)22-12-10-16(11-13-22)18(23)20-17-9-7-8-14(3)15(17)4/h7-9,16H,5-6,10-13H2,1-4H3,(H,20,23). The number of carbonyl (C=O) groups is 2. The zero-order valence-corrected chi connectivity index (χ0v) is 15.3. The lowest BCUT2D eigenvalue weighted by atomic mass is 9.95. The summed E-state index contributed by atoms with van der Waals surface area (Å²) in [5.74, 6) is 0.0457. The Balaban J connectivity index is 1.91. The van der Waals surface area contributed by atoms with E-state index in [-0.39, 0.29) is 17.9 Å². The highest BCUT2D eigenvalue weighted by molar-refractivity contribution is 5.93. The third-order valence-corrected chi connectivity index (χ3v) is 5.03. The van der Waals surface area contributed by atoms with E-state index in [1.54, 1.807) is 0 Å². The summed E-state index contributed by atoms with van der Waals surface area (Å²) < 4.78 is 0. The Labute approximate surface area is 145 Å². The number of urea groups is 1. The number of nitrogens with one attached hydrogen (secondary N) is 1. The van der Waals surface area contributed by atoms with Crippen LogP contribution in [0.5, 0.6) is 0 Å². The van der Waals surface area contributed by atoms with Crippen LogP contribution in [0.1, 0.15) is 37.8 Å². The number of anilines is 1. The Hall–Kier alpha value is -2.04. The molecule has 0 saturated carbocycles. The third kappa shape index (κ3) is 4.08. The van der Waals surface area contributed by atoms with E-state index < -0.39 is 0 Å². The predicted molar refractivity (Wildman–Crippen MR) is 97.2 cm³/mol. The van der Waals surface area contributed by atoms with E-state index in [0.29, 0.717) is 13.1 Å². The largest absolute Gasteiger partial charge is 0.326 e. The van der Waals surface area contributed by atoms with Crippen molar-refractivity contribution in [2.75, 3.05) is 31.5 Å². The molecule has 1 aliphatic rings. The number of hydrogen-bond acceptors (Lipinski definition) is 2. The summed E-state index contributed by atoms with van der Waals surface area (Å²) in [5, 5.41) is 3.06. The monoisotopic (exact) mass is 331 g/mol. The first-order valence-electron chi connectivity index (χ1n) is 8.88. The lowest BCUT2D eigenvalue weighted by molar-refractivity contribution is -0.121. The number of aryl methyl sites for hydroxylation is 1. The first-order chi connectivity index (χ1) is 11.5. The molecule has 0 spiro atoms. The third-order valence-electron chi connectivity index (χ3n) is 5.03. The Morgan fingerprint density at radius 3 is 2.38 bits per heavy atom. The molecule has 0 aliphatic carbocycles. The molecule has 1 N–H and O–H groups in total. The first-order valence-corrected chi connectivity index (χ1v) is 8.88. The van der Waals surface area contributed by atoms with Gasteiger partial charge in [-0.3, -0.25) is 4.79 Å². The Morgan fingerprint density at radius 1 is 1.17 bits per heavy atom. The highest BCUT2D eigenvalue weighted by Crippen LogP contribution is 2.23. The summed E-state index contributed by atoms with van der Waals surface area (Å²) in [4.78, 5) is 28.6. The van der Waals surface area contributed by atoms with Gasteiger partial charge in [0.15, 0.2) is 0 Å². The van der Waals surface area contributed by atoms with Crippen LogP contribution in [0.2, 0.25) is 0 Å². The van der Waals surface area contributed by atoms with Gasteiger partial charge in [0.2, 0.25) is 5.91 Å². The van der Waals surface area contributed by atoms with Crippen molar-refractivity contribution >= 4 is 17.6 Å². The predicted octanol–water partition coefficient (Wildman–Crippen LogP) is 3.42. The molecule has 0 unspecified atom stereocenters. The number of piperidine rings is 1. The molecule has 1 aromatic rings. The number of carbonyl (C=O) groups excluding carboxylic acids is 2. The summed E-state index contributed by atoms with van der Waals surface area (Å²) in [7, 11) is 0. The summed E-state index contributed by atoms with van der Waals surface area (Å²) in [6, 6.07) is 6.04. The quantitative estimate of drug-likeness (QED) is 0.919. The zero-order valence-electron chi connectivity index (χ0n) is 15.3. The van der Waals surface area contributed by atoms with Crippen molar-refractivity contribution in [2.45, 2.75) is 40.5 Å². The average molecular weight is 331 g/mol. The van der Waals surface area contributed by atoms with E-state index in [2.05, 4.69) is 5.32 Å². The number of rotatable bonds is 4. The van der Waals surface area contributed by atoms with Crippen molar-refractivity contribution < 1.29 is 9.59 Å². The normalized spacial score (nSPS) is 15.2. The van der Waals surface area contributed by atoms with Crippen LogP contribution < -0.4 is 5.32 Å². The lowest BCUT2D eigenvalue weighted by Crippen LogP contribution is -2.47. The Bertz CT molecular complexity index is 588. The van der Waals surface area contributed by atoms with Crippen LogP contribution >= 0.6 is 0 Å². The molecule has 2 rings (SSSR count). The van der Waals surface area contributed by atoms with Gasteiger partial charge in [-0.05, 0) is 57.7 Å². The van der Waals surface area contributed by atoms with E-state index in [4.69, 9.17) is 0 Å². The van der Waals surface area contributed by atoms with Gasteiger partial charge in [-0.1, -0.05) is 12.1 Å². The van der Waals surface area contributed by atoms with E-state index in [0.717, 1.165) is 37.2 Å². The van der Waals surface area contributed by atoms with Crippen LogP contribution in [0, 0.1) is 19.8 Å². The van der Waals surface area contributed by atoms with Crippen molar-refractivity contribution in [1.82, 2.24) is 9.80 Å². The van der Waals surface area contributed by atoms with E-state index >= 15 is 0 Å². The molecule has 0 bridgehead atoms. The van der Waals surface area contributed by atoms with Gasteiger partial charge in [-0.2, -0.15) is 0 Å². The van der Waals surface area contributed by atoms with Gasteiger partial charge in [0.25, 0.3) is 0 Å². The van der Waals surface area contributed by atoms with Gasteiger partial charge in [-0.25, -0.2) is 4.79 Å². The minimum absolute atomic E-state index is 0.0225. The van der Waals surface area contributed by atoms with Crippen molar-refractivity contribution in [1.29, 1.82) is 0 Å². The molecular weight excluding hydrogens is 302 g/mol. The molecule has 1 aliphatic heterocycles. The molecule has 0 aromatic heterocycles. The molecule has 5 heteroatoms. The number of amides is 3. The van der Waals surface area contributed by atoms with Gasteiger partial charge >= 0.3 is 6.03 Å². The van der Waals surface area contributed by atoms with Crippen LogP contribution in [0.25, 0.3) is 0 Å². The summed E-state index contributed by atoms with van der Waals surface area (Å²) in [6.07, 6.45) is 1.45. The van der Waals surface area contributed by atoms with Gasteiger partial charge in [0, 0.05) is 37.8 Å². The summed E-state index contributed by atoms with van der Waals surface area (Å²) in [6.45, 7) is 10.8. The molecule has 1 aromatic carbocycles. The molecule has 1 saturated heterocycles. The van der Waals surface area contributed by atoms with Crippen molar-refractivity contribution in [3.05, 3.63) is 29.3 Å². The van der Waals surface area contributed by atoms with Gasteiger partial charge in [0.1, 0.15) is 0 Å². The molecule has 1 fully saturated rings. The topological polar surface area (TPSA) is 52.7 Å². The van der Waals surface area contributed by atoms with E-state index in [1.807, 2.05) is 55.7 Å². The molecule has 0 radical (unpaired) electrons. The van der Waals surface area contributed by atoms with Gasteiger partial charge in [-0.15, -0.1) is 0 Å². The Morgan fingerprint density at radius 2 is 1.79 bits per heavy atom. The van der Waals surface area contributed by atoms with Crippen molar-refractivity contribution in [3.8, 4) is 0 Å². The van der Waals surface area contributed by atoms with Crippen LogP contribution in [0.3, 0.4) is 0 Å². The van der Waals surface area contributed by atoms with Crippen LogP contribution in [0.15, 0.2) is 18.2 Å². The second-order valence-electron chi connectivity index (χ2n) is 6.45. The molecular formula is C19H29N3O2. The van der Waals surface area contributed by atoms with Crippen LogP contribution in [-0.4, -0.2) is 47.9 Å². The molecule has 24 heavy (non-hydrogen) atoms. The number of likely N-dealkylation sites (tertiary alicyclic amines) is 1. The number of benzene rings is 1. The fourth-order valence-corrected chi connectivity index (χ4v) is 3.15. The fourth-order valence-electron chi connectivity index (χ4n) is 3.15. The summed E-state index contributed by atoms with van der Waals surface area (Å²) >= 11 is 0. The smallest absolute Gasteiger partial charge is 0.319 e. The molecule has 5 nitrogen and oxygen atoms in total. The van der Waals surface area contributed by atoms with Crippen LogP contribution in [-0.2, 0) is 4.79 Å². The zero-order chi connectivity index (χ0) is 17.7. The first kappa shape index (κ1) is 18.3. The van der Waals surface area contributed by atoms with Crippen LogP contribution in [0.4, 0.5) is 10.5 Å². The molecule has 1 heterocycles. The molecule has 132 valence electrons. The van der Waals surface area contributed by atoms with Crippen molar-refractivity contribution in [3.63, 3.8) is 0 Å². The minimum atomic E-state index is -0.0225.